The maximum atomic E-state index is 12.4. The molecule has 1 N–H and O–H groups in total. The van der Waals surface area contributed by atoms with Crippen LogP contribution in [0.25, 0.3) is 0 Å². The lowest BCUT2D eigenvalue weighted by Crippen LogP contribution is -2.31. The number of esters is 1. The van der Waals surface area contributed by atoms with Crippen LogP contribution in [0.3, 0.4) is 0 Å². The summed E-state index contributed by atoms with van der Waals surface area (Å²) in [5.41, 5.74) is 0.202. The summed E-state index contributed by atoms with van der Waals surface area (Å²) < 4.78 is 31.0. The molecule has 1 aromatic carbocycles. The van der Waals surface area contributed by atoms with Crippen LogP contribution in [0.15, 0.2) is 29.2 Å². The molecule has 0 aromatic heterocycles. The zero-order valence-corrected chi connectivity index (χ0v) is 14.6. The highest BCUT2D eigenvalue weighted by Crippen LogP contribution is 2.18. The van der Waals surface area contributed by atoms with Gasteiger partial charge in [-0.1, -0.05) is 13.8 Å². The fraction of sp³-hybridized carbons (Fsp3) is 0.500. The summed E-state index contributed by atoms with van der Waals surface area (Å²) in [6, 6.07) is 5.72. The Balaban J connectivity index is 1.97. The average Bonchev–Trinajstić information content (AvgIpc) is 3.37. The highest BCUT2D eigenvalue weighted by atomic mass is 32.2. The van der Waals surface area contributed by atoms with Gasteiger partial charge in [0.15, 0.2) is 6.61 Å². The summed E-state index contributed by atoms with van der Waals surface area (Å²) in [5.74, 6) is -0.987. The van der Waals surface area contributed by atoms with Crippen LogP contribution in [0, 0.1) is 0 Å². The van der Waals surface area contributed by atoms with E-state index >= 15 is 0 Å². The monoisotopic (exact) mass is 354 g/mol. The molecule has 1 saturated carbocycles. The highest BCUT2D eigenvalue weighted by Gasteiger charge is 2.24. The van der Waals surface area contributed by atoms with Gasteiger partial charge in [-0.15, -0.1) is 0 Å². The number of carbonyl (C=O) groups is 2. The van der Waals surface area contributed by atoms with Crippen molar-refractivity contribution in [2.75, 3.05) is 19.7 Å². The molecule has 0 spiro atoms. The number of nitrogens with zero attached hydrogens (tertiary/aromatic N) is 1. The summed E-state index contributed by atoms with van der Waals surface area (Å²) in [5, 5.41) is 2.71. The van der Waals surface area contributed by atoms with Gasteiger partial charge in [-0.05, 0) is 37.1 Å². The van der Waals surface area contributed by atoms with Gasteiger partial charge in [0.05, 0.1) is 10.5 Å². The molecule has 1 amide bonds. The van der Waals surface area contributed by atoms with Crippen LogP contribution in [0.5, 0.6) is 0 Å². The minimum absolute atomic E-state index is 0.120. The van der Waals surface area contributed by atoms with Crippen LogP contribution in [0.1, 0.15) is 37.0 Å². The van der Waals surface area contributed by atoms with Crippen molar-refractivity contribution in [2.45, 2.75) is 37.6 Å². The average molecular weight is 354 g/mol. The van der Waals surface area contributed by atoms with Gasteiger partial charge in [0.1, 0.15) is 0 Å². The highest BCUT2D eigenvalue weighted by molar-refractivity contribution is 7.89. The van der Waals surface area contributed by atoms with E-state index in [9.17, 15) is 18.0 Å². The summed E-state index contributed by atoms with van der Waals surface area (Å²) in [6.07, 6.45) is 1.92. The molecule has 0 heterocycles. The number of hydrogen-bond donors (Lipinski definition) is 1. The Morgan fingerprint density at radius 2 is 1.75 bits per heavy atom. The van der Waals surface area contributed by atoms with Gasteiger partial charge in [0.2, 0.25) is 10.0 Å². The lowest BCUT2D eigenvalue weighted by Gasteiger charge is -2.18. The first kappa shape index (κ1) is 18.4. The van der Waals surface area contributed by atoms with E-state index in [1.54, 1.807) is 13.8 Å². The number of amides is 1. The molecule has 1 fully saturated rings. The quantitative estimate of drug-likeness (QED) is 0.707. The molecule has 132 valence electrons. The summed E-state index contributed by atoms with van der Waals surface area (Å²) in [7, 11) is -3.56. The summed E-state index contributed by atoms with van der Waals surface area (Å²) >= 11 is 0. The summed E-state index contributed by atoms with van der Waals surface area (Å²) in [6.45, 7) is 3.94. The molecule has 0 radical (unpaired) electrons. The fourth-order valence-electron chi connectivity index (χ4n) is 2.19. The number of benzene rings is 1. The number of sulfonamides is 1. The van der Waals surface area contributed by atoms with Crippen molar-refractivity contribution in [1.29, 1.82) is 0 Å². The lowest BCUT2D eigenvalue weighted by atomic mass is 10.2. The normalized spacial score (nSPS) is 14.5. The minimum atomic E-state index is -3.56. The van der Waals surface area contributed by atoms with Gasteiger partial charge in [-0.3, -0.25) is 4.79 Å². The molecular formula is C16H22N2O5S. The van der Waals surface area contributed by atoms with Crippen molar-refractivity contribution in [3.8, 4) is 0 Å². The van der Waals surface area contributed by atoms with Crippen molar-refractivity contribution in [1.82, 2.24) is 9.62 Å². The van der Waals surface area contributed by atoms with E-state index in [4.69, 9.17) is 4.74 Å². The first-order valence-electron chi connectivity index (χ1n) is 7.95. The maximum absolute atomic E-state index is 12.4. The molecule has 8 heteroatoms. The first-order chi connectivity index (χ1) is 11.4. The Morgan fingerprint density at radius 3 is 2.25 bits per heavy atom. The zero-order chi connectivity index (χ0) is 17.7. The maximum Gasteiger partial charge on any atom is 0.338 e. The van der Waals surface area contributed by atoms with Gasteiger partial charge in [0, 0.05) is 19.1 Å². The third-order valence-corrected chi connectivity index (χ3v) is 5.77. The van der Waals surface area contributed by atoms with Crippen LogP contribution in [-0.4, -0.2) is 50.3 Å². The van der Waals surface area contributed by atoms with E-state index in [-0.39, 0.29) is 29.0 Å². The topological polar surface area (TPSA) is 92.8 Å². The minimum Gasteiger partial charge on any atom is -0.452 e. The second-order valence-electron chi connectivity index (χ2n) is 5.53. The van der Waals surface area contributed by atoms with Crippen LogP contribution in [-0.2, 0) is 19.6 Å². The molecular weight excluding hydrogens is 332 g/mol. The zero-order valence-electron chi connectivity index (χ0n) is 13.8. The van der Waals surface area contributed by atoms with E-state index in [0.29, 0.717) is 13.1 Å². The Hall–Kier alpha value is -1.93. The predicted octanol–water partition coefficient (Wildman–Crippen LogP) is 1.15. The standard InChI is InChI=1S/C16H22N2O5S/c1-3-18(4-2)24(21,22)14-9-5-12(6-10-14)16(20)23-11-15(19)17-13-7-8-13/h5-6,9-10,13H,3-4,7-8,11H2,1-2H3,(H,17,19). The molecule has 7 nitrogen and oxygen atoms in total. The van der Waals surface area contributed by atoms with E-state index in [0.717, 1.165) is 12.8 Å². The number of nitrogens with one attached hydrogen (secondary N) is 1. The van der Waals surface area contributed by atoms with Crippen molar-refractivity contribution in [3.05, 3.63) is 29.8 Å². The SMILES string of the molecule is CCN(CC)S(=O)(=O)c1ccc(C(=O)OCC(=O)NC2CC2)cc1. The van der Waals surface area contributed by atoms with Crippen molar-refractivity contribution < 1.29 is 22.7 Å². The van der Waals surface area contributed by atoms with Crippen LogP contribution >= 0.6 is 0 Å². The van der Waals surface area contributed by atoms with E-state index in [1.165, 1.54) is 28.6 Å². The fourth-order valence-corrected chi connectivity index (χ4v) is 3.65. The van der Waals surface area contributed by atoms with E-state index in [1.807, 2.05) is 0 Å². The molecule has 1 aliphatic rings. The third-order valence-electron chi connectivity index (χ3n) is 3.71. The molecule has 1 aliphatic carbocycles. The van der Waals surface area contributed by atoms with E-state index in [2.05, 4.69) is 5.32 Å². The number of rotatable bonds is 8. The Kier molecular flexibility index (Phi) is 5.95. The van der Waals surface area contributed by atoms with Crippen LogP contribution < -0.4 is 5.32 Å². The molecule has 0 atom stereocenters. The van der Waals surface area contributed by atoms with Crippen molar-refractivity contribution in [2.24, 2.45) is 0 Å². The van der Waals surface area contributed by atoms with Gasteiger partial charge in [-0.2, -0.15) is 4.31 Å². The molecule has 0 aliphatic heterocycles. The molecule has 0 unspecified atom stereocenters. The van der Waals surface area contributed by atoms with Gasteiger partial charge in [-0.25, -0.2) is 13.2 Å². The smallest absolute Gasteiger partial charge is 0.338 e. The van der Waals surface area contributed by atoms with Crippen LogP contribution in [0.2, 0.25) is 0 Å². The molecule has 24 heavy (non-hydrogen) atoms. The Bertz CT molecular complexity index is 692. The lowest BCUT2D eigenvalue weighted by molar-refractivity contribution is -0.124. The van der Waals surface area contributed by atoms with Gasteiger partial charge in [0.25, 0.3) is 5.91 Å². The Morgan fingerprint density at radius 1 is 1.17 bits per heavy atom. The second kappa shape index (κ2) is 7.76. The van der Waals surface area contributed by atoms with E-state index < -0.39 is 16.0 Å². The molecule has 0 saturated heterocycles. The first-order valence-corrected chi connectivity index (χ1v) is 9.39. The third kappa shape index (κ3) is 4.55. The number of ether oxygens (including phenoxy) is 1. The second-order valence-corrected chi connectivity index (χ2v) is 7.47. The predicted molar refractivity (Wildman–Crippen MR) is 88.0 cm³/mol. The van der Waals surface area contributed by atoms with Crippen molar-refractivity contribution >= 4 is 21.9 Å². The number of hydrogen-bond acceptors (Lipinski definition) is 5. The van der Waals surface area contributed by atoms with Crippen LogP contribution in [0.4, 0.5) is 0 Å². The molecule has 1 aromatic rings. The Labute approximate surface area is 142 Å². The largest absolute Gasteiger partial charge is 0.452 e. The number of carbonyl (C=O) groups excluding carboxylic acids is 2. The van der Waals surface area contributed by atoms with Gasteiger partial charge >= 0.3 is 5.97 Å². The molecule has 2 rings (SSSR count). The van der Waals surface area contributed by atoms with Gasteiger partial charge < -0.3 is 10.1 Å². The van der Waals surface area contributed by atoms with Crippen molar-refractivity contribution in [3.63, 3.8) is 0 Å². The summed E-state index contributed by atoms with van der Waals surface area (Å²) in [4.78, 5) is 23.5. The molecule has 0 bridgehead atoms.